The van der Waals surface area contributed by atoms with Crippen molar-refractivity contribution in [3.8, 4) is 5.75 Å². The lowest BCUT2D eigenvalue weighted by molar-refractivity contribution is 0.0168. The number of carbonyl (C=O) groups is 1. The average Bonchev–Trinajstić information content (AvgIpc) is 2.74. The molecule has 1 saturated heterocycles. The van der Waals surface area contributed by atoms with Crippen LogP contribution in [0.3, 0.4) is 0 Å². The van der Waals surface area contributed by atoms with E-state index in [9.17, 15) is 17.9 Å². The maximum absolute atomic E-state index is 13.7. The fraction of sp³-hybridized carbons (Fsp3) is 0.480. The van der Waals surface area contributed by atoms with Gasteiger partial charge in [-0.1, -0.05) is 12.1 Å². The summed E-state index contributed by atoms with van der Waals surface area (Å²) in [6, 6.07) is 12.7. The third-order valence-corrected chi connectivity index (χ3v) is 6.46. The maximum Gasteiger partial charge on any atom is 0.410 e. The standard InChI is InChI=1S/C25H33FN2O5S/c1-18(2)32-22-12-10-21(11-13-22)28(34(30)31)25(19-6-8-20(26)9-7-19)14-16-27(17-15-25)23(29)33-24(3,4)5/h6-13,18H,14-17H2,1-5H3,(H,30,31)/p-1. The molecule has 1 fully saturated rings. The number of anilines is 1. The lowest BCUT2D eigenvalue weighted by Gasteiger charge is -2.50. The lowest BCUT2D eigenvalue weighted by atomic mass is 9.80. The molecule has 0 radical (unpaired) electrons. The highest BCUT2D eigenvalue weighted by atomic mass is 32.2. The van der Waals surface area contributed by atoms with Crippen LogP contribution in [0.5, 0.6) is 5.75 Å². The molecule has 1 heterocycles. The molecule has 7 nitrogen and oxygen atoms in total. The molecule has 0 aromatic heterocycles. The predicted octanol–water partition coefficient (Wildman–Crippen LogP) is 5.14. The van der Waals surface area contributed by atoms with Crippen molar-refractivity contribution in [2.24, 2.45) is 0 Å². The third-order valence-electron chi connectivity index (χ3n) is 5.60. The first-order chi connectivity index (χ1) is 15.9. The highest BCUT2D eigenvalue weighted by Gasteiger charge is 2.44. The maximum atomic E-state index is 13.7. The Labute approximate surface area is 203 Å². The second-order valence-corrected chi connectivity index (χ2v) is 10.5. The number of hydrogen-bond acceptors (Lipinski definition) is 5. The number of piperidine rings is 1. The van der Waals surface area contributed by atoms with Crippen LogP contribution in [-0.4, -0.2) is 44.5 Å². The second kappa shape index (κ2) is 10.3. The molecule has 0 saturated carbocycles. The van der Waals surface area contributed by atoms with Crippen molar-refractivity contribution in [3.05, 3.63) is 59.9 Å². The predicted molar refractivity (Wildman–Crippen MR) is 129 cm³/mol. The van der Waals surface area contributed by atoms with Crippen molar-refractivity contribution < 1.29 is 27.4 Å². The molecule has 1 atom stereocenters. The molecule has 1 aliphatic heterocycles. The van der Waals surface area contributed by atoms with Gasteiger partial charge in [-0.25, -0.2) is 9.18 Å². The zero-order chi connectivity index (χ0) is 25.1. The van der Waals surface area contributed by atoms with Gasteiger partial charge in [-0.3, -0.25) is 8.51 Å². The number of rotatable bonds is 6. The highest BCUT2D eigenvalue weighted by Crippen LogP contribution is 2.43. The largest absolute Gasteiger partial charge is 0.755 e. The Bertz CT molecular complexity index is 997. The van der Waals surface area contributed by atoms with Gasteiger partial charge < -0.3 is 18.9 Å². The fourth-order valence-corrected chi connectivity index (χ4v) is 5.03. The Morgan fingerprint density at radius 2 is 1.65 bits per heavy atom. The minimum Gasteiger partial charge on any atom is -0.755 e. The van der Waals surface area contributed by atoms with E-state index in [1.54, 1.807) is 62.1 Å². The Kier molecular flexibility index (Phi) is 7.88. The Hall–Kier alpha value is -2.65. The number of carbonyl (C=O) groups excluding carboxylic acids is 1. The monoisotopic (exact) mass is 491 g/mol. The summed E-state index contributed by atoms with van der Waals surface area (Å²) in [6.45, 7) is 9.79. The third kappa shape index (κ3) is 6.07. The highest BCUT2D eigenvalue weighted by molar-refractivity contribution is 7.80. The molecule has 186 valence electrons. The van der Waals surface area contributed by atoms with Crippen molar-refractivity contribution in [2.45, 2.75) is 64.7 Å². The first-order valence-electron chi connectivity index (χ1n) is 11.3. The topological polar surface area (TPSA) is 82.1 Å². The zero-order valence-corrected chi connectivity index (χ0v) is 21.1. The summed E-state index contributed by atoms with van der Waals surface area (Å²) in [5, 5.41) is 0. The van der Waals surface area contributed by atoms with Gasteiger partial charge in [0, 0.05) is 30.0 Å². The van der Waals surface area contributed by atoms with Gasteiger partial charge in [0.1, 0.15) is 17.2 Å². The number of halogens is 1. The van der Waals surface area contributed by atoms with Crippen LogP contribution in [-0.2, 0) is 21.5 Å². The Balaban J connectivity index is 1.97. The molecule has 0 spiro atoms. The molecule has 0 aliphatic carbocycles. The number of likely N-dealkylation sites (tertiary alicyclic amines) is 1. The summed E-state index contributed by atoms with van der Waals surface area (Å²) in [5.74, 6) is 0.223. The van der Waals surface area contributed by atoms with Gasteiger partial charge >= 0.3 is 6.09 Å². The molecule has 1 unspecified atom stereocenters. The van der Waals surface area contributed by atoms with E-state index < -0.39 is 34.3 Å². The number of amides is 1. The minimum absolute atomic E-state index is 0.0154. The van der Waals surface area contributed by atoms with Gasteiger partial charge in [-0.15, -0.1) is 0 Å². The van der Waals surface area contributed by atoms with Crippen molar-refractivity contribution in [2.75, 3.05) is 17.4 Å². The van der Waals surface area contributed by atoms with Crippen molar-refractivity contribution in [1.29, 1.82) is 0 Å². The van der Waals surface area contributed by atoms with Crippen LogP contribution < -0.4 is 9.04 Å². The summed E-state index contributed by atoms with van der Waals surface area (Å²) in [4.78, 5) is 14.2. The molecule has 1 amide bonds. The first-order valence-corrected chi connectivity index (χ1v) is 12.3. The summed E-state index contributed by atoms with van der Waals surface area (Å²) in [5.41, 5.74) is -0.520. The zero-order valence-electron chi connectivity index (χ0n) is 20.2. The van der Waals surface area contributed by atoms with E-state index in [4.69, 9.17) is 9.47 Å². The van der Waals surface area contributed by atoms with Gasteiger partial charge in [0.2, 0.25) is 0 Å². The van der Waals surface area contributed by atoms with Crippen LogP contribution in [0.2, 0.25) is 0 Å². The molecule has 9 heteroatoms. The van der Waals surface area contributed by atoms with Crippen molar-refractivity contribution >= 4 is 23.0 Å². The summed E-state index contributed by atoms with van der Waals surface area (Å²) < 4.78 is 51.5. The summed E-state index contributed by atoms with van der Waals surface area (Å²) >= 11 is -2.64. The van der Waals surface area contributed by atoms with E-state index in [1.165, 1.54) is 16.4 Å². The minimum atomic E-state index is -2.64. The number of benzene rings is 2. The molecular weight excluding hydrogens is 459 g/mol. The Morgan fingerprint density at radius 1 is 1.09 bits per heavy atom. The van der Waals surface area contributed by atoms with Crippen LogP contribution in [0.1, 0.15) is 53.0 Å². The molecule has 3 rings (SSSR count). The fourth-order valence-electron chi connectivity index (χ4n) is 4.16. The van der Waals surface area contributed by atoms with Crippen LogP contribution in [0.15, 0.2) is 48.5 Å². The molecular formula is C25H32FN2O5S-. The molecule has 34 heavy (non-hydrogen) atoms. The van der Waals surface area contributed by atoms with E-state index in [2.05, 4.69) is 0 Å². The van der Waals surface area contributed by atoms with Gasteiger partial charge in [0.25, 0.3) is 0 Å². The van der Waals surface area contributed by atoms with Crippen LogP contribution in [0.4, 0.5) is 14.9 Å². The number of nitrogens with zero attached hydrogens (tertiary/aromatic N) is 2. The second-order valence-electron chi connectivity index (χ2n) is 9.68. The molecule has 0 N–H and O–H groups in total. The van der Waals surface area contributed by atoms with E-state index in [-0.39, 0.29) is 19.2 Å². The SMILES string of the molecule is CC(C)Oc1ccc(N(S(=O)[O-])C2(c3ccc(F)cc3)CCN(C(=O)OC(C)(C)C)CC2)cc1. The van der Waals surface area contributed by atoms with Crippen molar-refractivity contribution in [1.82, 2.24) is 4.90 Å². The average molecular weight is 492 g/mol. The quantitative estimate of drug-likeness (QED) is 0.523. The van der Waals surface area contributed by atoms with Gasteiger partial charge in [-0.05, 0) is 89.4 Å². The van der Waals surface area contributed by atoms with E-state index in [0.717, 1.165) is 0 Å². The smallest absolute Gasteiger partial charge is 0.410 e. The van der Waals surface area contributed by atoms with Gasteiger partial charge in [-0.2, -0.15) is 0 Å². The van der Waals surface area contributed by atoms with E-state index in [0.29, 0.717) is 29.8 Å². The molecule has 2 aromatic rings. The molecule has 0 bridgehead atoms. The number of hydrogen-bond donors (Lipinski definition) is 0. The van der Waals surface area contributed by atoms with Gasteiger partial charge in [0.15, 0.2) is 0 Å². The van der Waals surface area contributed by atoms with Crippen molar-refractivity contribution in [3.63, 3.8) is 0 Å². The summed E-state index contributed by atoms with van der Waals surface area (Å²) in [7, 11) is 0. The van der Waals surface area contributed by atoms with Crippen LogP contribution >= 0.6 is 0 Å². The number of ether oxygens (including phenoxy) is 2. The van der Waals surface area contributed by atoms with E-state index >= 15 is 0 Å². The summed E-state index contributed by atoms with van der Waals surface area (Å²) in [6.07, 6.45) is 0.176. The molecule has 2 aromatic carbocycles. The van der Waals surface area contributed by atoms with Gasteiger partial charge in [0.05, 0.1) is 11.6 Å². The molecule has 1 aliphatic rings. The normalized spacial score (nSPS) is 16.8. The first kappa shape index (κ1) is 26.0. The van der Waals surface area contributed by atoms with Crippen LogP contribution in [0, 0.1) is 5.82 Å². The Morgan fingerprint density at radius 3 is 2.12 bits per heavy atom. The van der Waals surface area contributed by atoms with Crippen LogP contribution in [0.25, 0.3) is 0 Å². The lowest BCUT2D eigenvalue weighted by Crippen LogP contribution is -2.55. The van der Waals surface area contributed by atoms with E-state index in [1.807, 2.05) is 13.8 Å².